The van der Waals surface area contributed by atoms with E-state index in [-0.39, 0.29) is 5.25 Å². The fourth-order valence-corrected chi connectivity index (χ4v) is 8.89. The zero-order valence-electron chi connectivity index (χ0n) is 15.0. The van der Waals surface area contributed by atoms with E-state index in [4.69, 9.17) is 11.6 Å². The van der Waals surface area contributed by atoms with Gasteiger partial charge in [0, 0.05) is 21.9 Å². The lowest BCUT2D eigenvalue weighted by Crippen LogP contribution is -2.57. The van der Waals surface area contributed by atoms with E-state index < -0.39 is 20.8 Å². The number of thioether (sulfide) groups is 2. The van der Waals surface area contributed by atoms with Crippen molar-refractivity contribution in [2.45, 2.75) is 15.2 Å². The number of nitrogens with zero attached hydrogens (tertiary/aromatic N) is 4. The van der Waals surface area contributed by atoms with Crippen LogP contribution in [0.5, 0.6) is 0 Å². The standard InChI is InChI=1S/C22H13ClN4S2/c23-17-8-6-16(7-9-17)22-21(13-26,14-27)20(11-24,12-25)19(18(29-22)10-28-22)15-4-2-1-3-5-15/h1-9,18-19H,10H2. The average molecular weight is 433 g/mol. The van der Waals surface area contributed by atoms with E-state index in [1.54, 1.807) is 24.3 Å². The molecular formula is C22H13ClN4S2. The van der Waals surface area contributed by atoms with Crippen molar-refractivity contribution in [1.82, 2.24) is 0 Å². The molecule has 3 unspecified atom stereocenters. The predicted molar refractivity (Wildman–Crippen MR) is 113 cm³/mol. The fraction of sp³-hybridized carbons (Fsp3) is 0.273. The molecule has 2 aromatic rings. The molecule has 0 N–H and O–H groups in total. The number of hydrogen-bond donors (Lipinski definition) is 0. The Morgan fingerprint density at radius 3 is 2.03 bits per heavy atom. The van der Waals surface area contributed by atoms with Gasteiger partial charge in [0.25, 0.3) is 0 Å². The van der Waals surface area contributed by atoms with Gasteiger partial charge in [-0.25, -0.2) is 0 Å². The first-order chi connectivity index (χ1) is 14.0. The Balaban J connectivity index is 2.05. The monoisotopic (exact) mass is 432 g/mol. The highest BCUT2D eigenvalue weighted by atomic mass is 35.5. The van der Waals surface area contributed by atoms with Gasteiger partial charge in [-0.05, 0) is 23.3 Å². The highest BCUT2D eigenvalue weighted by Crippen LogP contribution is 2.77. The van der Waals surface area contributed by atoms with Crippen molar-refractivity contribution in [3.8, 4) is 24.3 Å². The summed E-state index contributed by atoms with van der Waals surface area (Å²) in [6.07, 6.45) is 0. The fourth-order valence-electron chi connectivity index (χ4n) is 4.46. The molecule has 4 rings (SSSR count). The number of nitriles is 4. The quantitative estimate of drug-likeness (QED) is 0.646. The highest BCUT2D eigenvalue weighted by molar-refractivity contribution is 8.21. The first kappa shape index (κ1) is 19.7. The molecule has 3 atom stereocenters. The molecule has 2 heterocycles. The average Bonchev–Trinajstić information content (AvgIpc) is 3.17. The summed E-state index contributed by atoms with van der Waals surface area (Å²) in [5.74, 6) is 0.0710. The first-order valence-corrected chi connectivity index (χ1v) is 11.1. The maximum Gasteiger partial charge on any atom is 0.203 e. The van der Waals surface area contributed by atoms with Crippen molar-refractivity contribution in [3.63, 3.8) is 0 Å². The molecule has 7 heteroatoms. The molecule has 0 aromatic heterocycles. The molecule has 2 bridgehead atoms. The van der Waals surface area contributed by atoms with E-state index in [9.17, 15) is 21.0 Å². The zero-order valence-corrected chi connectivity index (χ0v) is 17.4. The second-order valence-corrected chi connectivity index (χ2v) is 10.4. The van der Waals surface area contributed by atoms with E-state index in [0.29, 0.717) is 10.8 Å². The maximum atomic E-state index is 10.4. The Bertz CT molecular complexity index is 1090. The molecule has 0 amide bonds. The molecule has 2 aliphatic rings. The van der Waals surface area contributed by atoms with Crippen molar-refractivity contribution in [2.24, 2.45) is 10.8 Å². The number of benzene rings is 2. The summed E-state index contributed by atoms with van der Waals surface area (Å²) in [6, 6.07) is 24.9. The Labute approximate surface area is 182 Å². The lowest BCUT2D eigenvalue weighted by molar-refractivity contribution is 0.216. The van der Waals surface area contributed by atoms with Gasteiger partial charge in [0.1, 0.15) is 4.08 Å². The lowest BCUT2D eigenvalue weighted by Gasteiger charge is -2.51. The van der Waals surface area contributed by atoms with E-state index in [0.717, 1.165) is 11.1 Å². The van der Waals surface area contributed by atoms with E-state index in [1.807, 2.05) is 30.3 Å². The van der Waals surface area contributed by atoms with Crippen molar-refractivity contribution in [3.05, 3.63) is 70.7 Å². The number of fused-ring (bicyclic) bond motifs is 2. The molecule has 0 saturated carbocycles. The van der Waals surface area contributed by atoms with Crippen LogP contribution in [0.2, 0.25) is 5.02 Å². The lowest BCUT2D eigenvalue weighted by atomic mass is 9.55. The summed E-state index contributed by atoms with van der Waals surface area (Å²) < 4.78 is -1.05. The molecule has 2 fully saturated rings. The van der Waals surface area contributed by atoms with E-state index >= 15 is 0 Å². The van der Waals surface area contributed by atoms with E-state index in [2.05, 4.69) is 24.3 Å². The van der Waals surface area contributed by atoms with E-state index in [1.165, 1.54) is 23.5 Å². The predicted octanol–water partition coefficient (Wildman–Crippen LogP) is 5.21. The van der Waals surface area contributed by atoms with Crippen molar-refractivity contribution in [2.75, 3.05) is 5.75 Å². The van der Waals surface area contributed by atoms with Crippen molar-refractivity contribution >= 4 is 35.1 Å². The largest absolute Gasteiger partial charge is 0.203 e. The van der Waals surface area contributed by atoms with Crippen LogP contribution in [0.25, 0.3) is 0 Å². The van der Waals surface area contributed by atoms with Gasteiger partial charge in [0.05, 0.1) is 24.3 Å². The molecule has 0 radical (unpaired) electrons. The molecule has 4 nitrogen and oxygen atoms in total. The normalized spacial score (nSPS) is 28.3. The maximum absolute atomic E-state index is 10.4. The number of hydrogen-bond acceptors (Lipinski definition) is 6. The number of rotatable bonds is 2. The smallest absolute Gasteiger partial charge is 0.196 e. The van der Waals surface area contributed by atoms with Crippen LogP contribution >= 0.6 is 35.1 Å². The van der Waals surface area contributed by atoms with Crippen LogP contribution < -0.4 is 0 Å². The van der Waals surface area contributed by atoms with Crippen LogP contribution in [-0.2, 0) is 4.08 Å². The zero-order chi connectivity index (χ0) is 20.7. The van der Waals surface area contributed by atoms with Crippen molar-refractivity contribution < 1.29 is 0 Å². The van der Waals surface area contributed by atoms with Crippen LogP contribution in [0, 0.1) is 56.2 Å². The van der Waals surface area contributed by atoms with Gasteiger partial charge >= 0.3 is 0 Å². The van der Waals surface area contributed by atoms with Gasteiger partial charge in [-0.2, -0.15) is 21.0 Å². The minimum atomic E-state index is -1.87. The van der Waals surface area contributed by atoms with Gasteiger partial charge in [-0.3, -0.25) is 0 Å². The Morgan fingerprint density at radius 2 is 1.48 bits per heavy atom. The summed E-state index contributed by atoms with van der Waals surface area (Å²) in [5.41, 5.74) is -2.17. The highest BCUT2D eigenvalue weighted by Gasteiger charge is 2.77. The van der Waals surface area contributed by atoms with Gasteiger partial charge < -0.3 is 0 Å². The van der Waals surface area contributed by atoms with Crippen LogP contribution in [0.15, 0.2) is 54.6 Å². The summed E-state index contributed by atoms with van der Waals surface area (Å²) in [6.45, 7) is 0. The Kier molecular flexibility index (Phi) is 4.77. The molecule has 2 saturated heterocycles. The molecule has 0 aliphatic carbocycles. The molecule has 2 aliphatic heterocycles. The van der Waals surface area contributed by atoms with Gasteiger partial charge in [0.15, 0.2) is 5.41 Å². The summed E-state index contributed by atoms with van der Waals surface area (Å²) >= 11 is 9.06. The second kappa shape index (κ2) is 7.02. The number of halogens is 1. The molecule has 29 heavy (non-hydrogen) atoms. The summed E-state index contributed by atoms with van der Waals surface area (Å²) in [5, 5.41) is 41.9. The second-order valence-electron chi connectivity index (χ2n) is 6.98. The van der Waals surface area contributed by atoms with Gasteiger partial charge in [-0.15, -0.1) is 23.5 Å². The topological polar surface area (TPSA) is 95.2 Å². The van der Waals surface area contributed by atoms with Gasteiger partial charge in [-0.1, -0.05) is 54.1 Å². The molecule has 2 aromatic carbocycles. The molecular weight excluding hydrogens is 420 g/mol. The van der Waals surface area contributed by atoms with Crippen LogP contribution in [-0.4, -0.2) is 11.0 Å². The molecule has 0 spiro atoms. The SMILES string of the molecule is N#CC1(C#N)C(c2ccccc2)C2CSC(c3ccc(Cl)cc3)(S2)C1(C#N)C#N. The van der Waals surface area contributed by atoms with Crippen LogP contribution in [0.1, 0.15) is 17.0 Å². The van der Waals surface area contributed by atoms with Crippen LogP contribution in [0.4, 0.5) is 0 Å². The Hall–Kier alpha value is -2.61. The van der Waals surface area contributed by atoms with Crippen molar-refractivity contribution in [1.29, 1.82) is 21.0 Å². The third-order valence-corrected chi connectivity index (χ3v) is 9.96. The minimum absolute atomic E-state index is 0.0906. The molecule has 140 valence electrons. The Morgan fingerprint density at radius 1 is 0.862 bits per heavy atom. The third kappa shape index (κ3) is 2.38. The van der Waals surface area contributed by atoms with Crippen LogP contribution in [0.3, 0.4) is 0 Å². The summed E-state index contributed by atoms with van der Waals surface area (Å²) in [4.78, 5) is 0. The van der Waals surface area contributed by atoms with Gasteiger partial charge in [0.2, 0.25) is 5.41 Å². The first-order valence-electron chi connectivity index (χ1n) is 8.82. The third-order valence-electron chi connectivity index (χ3n) is 5.76. The minimum Gasteiger partial charge on any atom is -0.196 e. The summed E-state index contributed by atoms with van der Waals surface area (Å²) in [7, 11) is 0.